The number of carbonyl (C=O) groups excluding carboxylic acids is 3. The quantitative estimate of drug-likeness (QED) is 0.456. The van der Waals surface area contributed by atoms with E-state index < -0.39 is 11.9 Å². The van der Waals surface area contributed by atoms with Gasteiger partial charge in [0.15, 0.2) is 0 Å². The predicted octanol–water partition coefficient (Wildman–Crippen LogP) is 1.58. The van der Waals surface area contributed by atoms with Crippen molar-refractivity contribution in [2.45, 2.75) is 12.5 Å². The molecule has 0 saturated heterocycles. The van der Waals surface area contributed by atoms with E-state index in [9.17, 15) is 14.4 Å². The van der Waals surface area contributed by atoms with Gasteiger partial charge in [0.25, 0.3) is 5.91 Å². The van der Waals surface area contributed by atoms with E-state index in [1.807, 2.05) is 43.3 Å². The topological polar surface area (TPSA) is 110 Å². The third-order valence-corrected chi connectivity index (χ3v) is 5.68. The van der Waals surface area contributed by atoms with Crippen molar-refractivity contribution in [1.82, 2.24) is 25.5 Å². The summed E-state index contributed by atoms with van der Waals surface area (Å²) in [6, 6.07) is 9.93. The van der Waals surface area contributed by atoms with Crippen LogP contribution in [0.25, 0.3) is 10.9 Å². The Labute approximate surface area is 196 Å². The average Bonchev–Trinajstić information content (AvgIpc) is 3.19. The van der Waals surface area contributed by atoms with Crippen molar-refractivity contribution in [2.75, 3.05) is 38.6 Å². The number of aromatic nitrogens is 2. The molecule has 1 aliphatic rings. The molecule has 3 aromatic rings. The van der Waals surface area contributed by atoms with Crippen molar-refractivity contribution in [3.8, 4) is 0 Å². The van der Waals surface area contributed by atoms with Crippen LogP contribution in [0.2, 0.25) is 5.15 Å². The first-order valence-electron chi connectivity index (χ1n) is 10.6. The molecule has 2 aromatic heterocycles. The van der Waals surface area contributed by atoms with Crippen molar-refractivity contribution in [3.05, 3.63) is 59.0 Å². The van der Waals surface area contributed by atoms with E-state index in [-0.39, 0.29) is 18.4 Å². The number of para-hydroxylation sites is 1. The average molecular weight is 469 g/mol. The normalized spacial score (nSPS) is 15.6. The fourth-order valence-corrected chi connectivity index (χ4v) is 3.98. The highest BCUT2D eigenvalue weighted by atomic mass is 35.5. The van der Waals surface area contributed by atoms with Crippen LogP contribution < -0.4 is 15.5 Å². The van der Waals surface area contributed by atoms with Crippen LogP contribution in [0.5, 0.6) is 0 Å². The predicted molar refractivity (Wildman–Crippen MR) is 126 cm³/mol. The molecule has 1 aromatic carbocycles. The maximum Gasteiger partial charge on any atom is 0.268 e. The number of hydrogen-bond acceptors (Lipinski definition) is 5. The minimum Gasteiger partial charge on any atom is -0.353 e. The number of rotatable bonds is 7. The van der Waals surface area contributed by atoms with Crippen LogP contribution in [0.1, 0.15) is 16.1 Å². The van der Waals surface area contributed by atoms with E-state index in [0.717, 1.165) is 10.9 Å². The van der Waals surface area contributed by atoms with Gasteiger partial charge in [-0.05, 0) is 37.9 Å². The lowest BCUT2D eigenvalue weighted by Crippen LogP contribution is -2.55. The maximum atomic E-state index is 13.3. The van der Waals surface area contributed by atoms with Gasteiger partial charge in [-0.15, -0.1) is 0 Å². The van der Waals surface area contributed by atoms with Crippen molar-refractivity contribution >= 4 is 45.9 Å². The van der Waals surface area contributed by atoms with E-state index in [1.54, 1.807) is 18.3 Å². The second-order valence-electron chi connectivity index (χ2n) is 8.21. The maximum absolute atomic E-state index is 13.3. The van der Waals surface area contributed by atoms with Crippen molar-refractivity contribution in [3.63, 3.8) is 0 Å². The number of carbonyl (C=O) groups is 3. The van der Waals surface area contributed by atoms with Crippen LogP contribution >= 0.6 is 11.6 Å². The Balaban J connectivity index is 1.51. The number of halogens is 1. The smallest absolute Gasteiger partial charge is 0.268 e. The number of pyridine rings is 1. The molecular formula is C23H25ClN6O3. The van der Waals surface area contributed by atoms with Gasteiger partial charge in [0.05, 0.1) is 11.7 Å². The highest BCUT2D eigenvalue weighted by molar-refractivity contribution is 6.30. The van der Waals surface area contributed by atoms with Crippen molar-refractivity contribution in [1.29, 1.82) is 0 Å². The molecule has 172 valence electrons. The fraction of sp³-hybridized carbons (Fsp3) is 0.304. The van der Waals surface area contributed by atoms with Crippen molar-refractivity contribution < 1.29 is 14.4 Å². The van der Waals surface area contributed by atoms with Gasteiger partial charge in [-0.2, -0.15) is 0 Å². The van der Waals surface area contributed by atoms with Gasteiger partial charge in [0.2, 0.25) is 11.8 Å². The number of anilines is 1. The van der Waals surface area contributed by atoms with Crippen LogP contribution in [-0.4, -0.2) is 72.4 Å². The summed E-state index contributed by atoms with van der Waals surface area (Å²) in [6.07, 6.45) is 1.89. The summed E-state index contributed by atoms with van der Waals surface area (Å²) in [5.74, 6) is -1.01. The number of benzene rings is 1. The fourth-order valence-electron chi connectivity index (χ4n) is 3.82. The zero-order chi connectivity index (χ0) is 23.5. The third-order valence-electron chi connectivity index (χ3n) is 5.48. The lowest BCUT2D eigenvalue weighted by molar-refractivity contribution is -0.125. The first-order chi connectivity index (χ1) is 15.8. The van der Waals surface area contributed by atoms with Gasteiger partial charge in [-0.1, -0.05) is 29.8 Å². The Morgan fingerprint density at radius 2 is 2.06 bits per heavy atom. The molecule has 0 aliphatic carbocycles. The first kappa shape index (κ1) is 22.8. The molecule has 4 rings (SSSR count). The van der Waals surface area contributed by atoms with Gasteiger partial charge < -0.3 is 25.4 Å². The van der Waals surface area contributed by atoms with E-state index in [2.05, 4.69) is 20.6 Å². The Morgan fingerprint density at radius 3 is 2.85 bits per heavy atom. The minimum absolute atomic E-state index is 0.119. The molecule has 10 heteroatoms. The van der Waals surface area contributed by atoms with Crippen LogP contribution in [0.3, 0.4) is 0 Å². The number of H-pyrrole nitrogens is 1. The molecule has 0 fully saturated rings. The van der Waals surface area contributed by atoms with Crippen LogP contribution in [0, 0.1) is 0 Å². The molecular weight excluding hydrogens is 444 g/mol. The molecule has 3 N–H and O–H groups in total. The standard InChI is InChI=1S/C23H25ClN6O3/c1-29(2)8-7-25-21(31)13-30-19-6-4-3-5-14(19)9-17(23(30)33)28-22(32)16-10-15-11-20(24)26-12-18(15)27-16/h3-6,10-12,17,27H,7-9,13H2,1-2H3,(H,25,31)(H,28,32). The van der Waals surface area contributed by atoms with Gasteiger partial charge in [-0.25, -0.2) is 4.98 Å². The van der Waals surface area contributed by atoms with Crippen LogP contribution in [0.4, 0.5) is 5.69 Å². The molecule has 0 spiro atoms. The number of likely N-dealkylation sites (N-methyl/N-ethyl adjacent to an activating group) is 1. The second kappa shape index (κ2) is 9.60. The molecule has 1 atom stereocenters. The highest BCUT2D eigenvalue weighted by Crippen LogP contribution is 2.28. The number of fused-ring (bicyclic) bond motifs is 2. The lowest BCUT2D eigenvalue weighted by Gasteiger charge is -2.34. The number of hydrogen-bond donors (Lipinski definition) is 3. The van der Waals surface area contributed by atoms with Crippen LogP contribution in [-0.2, 0) is 16.0 Å². The minimum atomic E-state index is -0.796. The summed E-state index contributed by atoms with van der Waals surface area (Å²) in [5.41, 5.74) is 2.53. The van der Waals surface area contributed by atoms with E-state index >= 15 is 0 Å². The zero-order valence-electron chi connectivity index (χ0n) is 18.4. The molecule has 0 bridgehead atoms. The Kier molecular flexibility index (Phi) is 6.62. The van der Waals surface area contributed by atoms with Crippen molar-refractivity contribution in [2.24, 2.45) is 0 Å². The second-order valence-corrected chi connectivity index (χ2v) is 8.60. The molecule has 33 heavy (non-hydrogen) atoms. The molecule has 1 aliphatic heterocycles. The van der Waals surface area contributed by atoms with Gasteiger partial charge in [0.1, 0.15) is 23.4 Å². The summed E-state index contributed by atoms with van der Waals surface area (Å²) in [5, 5.41) is 6.71. The monoisotopic (exact) mass is 468 g/mol. The highest BCUT2D eigenvalue weighted by Gasteiger charge is 2.35. The van der Waals surface area contributed by atoms with Gasteiger partial charge >= 0.3 is 0 Å². The molecule has 3 heterocycles. The largest absolute Gasteiger partial charge is 0.353 e. The summed E-state index contributed by atoms with van der Waals surface area (Å²) < 4.78 is 0. The summed E-state index contributed by atoms with van der Waals surface area (Å²) in [4.78, 5) is 49.1. The first-order valence-corrected chi connectivity index (χ1v) is 11.0. The van der Waals surface area contributed by atoms with Gasteiger partial charge in [-0.3, -0.25) is 14.4 Å². The Hall–Kier alpha value is -3.43. The van der Waals surface area contributed by atoms with Gasteiger partial charge in [0, 0.05) is 30.6 Å². The molecule has 0 radical (unpaired) electrons. The Morgan fingerprint density at radius 1 is 1.27 bits per heavy atom. The molecule has 1 unspecified atom stereocenters. The Bertz CT molecular complexity index is 1210. The number of nitrogens with zero attached hydrogens (tertiary/aromatic N) is 3. The van der Waals surface area contributed by atoms with E-state index in [4.69, 9.17) is 11.6 Å². The summed E-state index contributed by atoms with van der Waals surface area (Å²) in [6.45, 7) is 1.06. The number of amides is 3. The third kappa shape index (κ3) is 5.15. The summed E-state index contributed by atoms with van der Waals surface area (Å²) >= 11 is 5.92. The zero-order valence-corrected chi connectivity index (χ0v) is 19.1. The van der Waals surface area contributed by atoms with E-state index in [1.165, 1.54) is 4.90 Å². The molecule has 3 amide bonds. The van der Waals surface area contributed by atoms with E-state index in [0.29, 0.717) is 41.6 Å². The lowest BCUT2D eigenvalue weighted by atomic mass is 9.97. The SMILES string of the molecule is CN(C)CCNC(=O)CN1C(=O)C(NC(=O)c2cc3cc(Cl)ncc3[nH]2)Cc2ccccc21. The summed E-state index contributed by atoms with van der Waals surface area (Å²) in [7, 11) is 3.84. The number of aromatic amines is 1. The number of nitrogens with one attached hydrogen (secondary N) is 3. The molecule has 9 nitrogen and oxygen atoms in total. The van der Waals surface area contributed by atoms with Crippen LogP contribution in [0.15, 0.2) is 42.6 Å². The molecule has 0 saturated carbocycles.